The SMILES string of the molecule is O=C(CBr)Nc1ccc(OC2CCCCC2)cc1. The maximum Gasteiger partial charge on any atom is 0.235 e. The van der Waals surface area contributed by atoms with Crippen LogP contribution in [0.1, 0.15) is 32.1 Å². The predicted octanol–water partition coefficient (Wildman–Crippen LogP) is 3.73. The van der Waals surface area contributed by atoms with Crippen LogP contribution in [0.2, 0.25) is 0 Å². The Bertz CT molecular complexity index is 385. The van der Waals surface area contributed by atoms with Crippen LogP contribution in [0.3, 0.4) is 0 Å². The van der Waals surface area contributed by atoms with Crippen molar-refractivity contribution >= 4 is 27.5 Å². The number of rotatable bonds is 4. The zero-order valence-electron chi connectivity index (χ0n) is 10.3. The van der Waals surface area contributed by atoms with Crippen LogP contribution in [0.25, 0.3) is 0 Å². The number of hydrogen-bond donors (Lipinski definition) is 1. The van der Waals surface area contributed by atoms with E-state index in [-0.39, 0.29) is 5.91 Å². The number of hydrogen-bond acceptors (Lipinski definition) is 2. The number of nitrogens with one attached hydrogen (secondary N) is 1. The standard InChI is InChI=1S/C14H18BrNO2/c15-10-14(17)16-11-6-8-13(9-7-11)18-12-4-2-1-3-5-12/h6-9,12H,1-5,10H2,(H,16,17). The first-order valence-corrected chi connectivity index (χ1v) is 7.52. The Balaban J connectivity index is 1.88. The molecule has 1 fully saturated rings. The number of carbonyl (C=O) groups is 1. The van der Waals surface area contributed by atoms with Gasteiger partial charge < -0.3 is 10.1 Å². The molecule has 0 aliphatic heterocycles. The van der Waals surface area contributed by atoms with E-state index in [0.717, 1.165) is 24.3 Å². The monoisotopic (exact) mass is 311 g/mol. The molecule has 0 heterocycles. The number of benzene rings is 1. The van der Waals surface area contributed by atoms with E-state index < -0.39 is 0 Å². The summed E-state index contributed by atoms with van der Waals surface area (Å²) in [4.78, 5) is 11.2. The Labute approximate surface area is 116 Å². The summed E-state index contributed by atoms with van der Waals surface area (Å²) in [7, 11) is 0. The summed E-state index contributed by atoms with van der Waals surface area (Å²) in [6, 6.07) is 7.58. The second kappa shape index (κ2) is 6.78. The van der Waals surface area contributed by atoms with E-state index >= 15 is 0 Å². The lowest BCUT2D eigenvalue weighted by Crippen LogP contribution is -2.19. The Kier molecular flexibility index (Phi) is 5.05. The highest BCUT2D eigenvalue weighted by Gasteiger charge is 2.14. The molecule has 1 amide bonds. The van der Waals surface area contributed by atoms with Gasteiger partial charge in [0.15, 0.2) is 0 Å². The third kappa shape index (κ3) is 4.02. The normalized spacial score (nSPS) is 16.3. The number of halogens is 1. The van der Waals surface area contributed by atoms with Crippen molar-refractivity contribution in [3.8, 4) is 5.75 Å². The summed E-state index contributed by atoms with van der Waals surface area (Å²) in [6.07, 6.45) is 6.54. The molecule has 0 saturated heterocycles. The molecule has 4 heteroatoms. The predicted molar refractivity (Wildman–Crippen MR) is 76.4 cm³/mol. The topological polar surface area (TPSA) is 38.3 Å². The Hall–Kier alpha value is -1.03. The summed E-state index contributed by atoms with van der Waals surface area (Å²) in [5, 5.41) is 3.09. The van der Waals surface area contributed by atoms with Crippen LogP contribution in [0.15, 0.2) is 24.3 Å². The van der Waals surface area contributed by atoms with Crippen LogP contribution in [0.4, 0.5) is 5.69 Å². The zero-order chi connectivity index (χ0) is 12.8. The molecular formula is C14H18BrNO2. The van der Waals surface area contributed by atoms with Gasteiger partial charge in [0.1, 0.15) is 5.75 Å². The molecule has 18 heavy (non-hydrogen) atoms. The minimum Gasteiger partial charge on any atom is -0.490 e. The van der Waals surface area contributed by atoms with Crippen molar-refractivity contribution in [2.45, 2.75) is 38.2 Å². The van der Waals surface area contributed by atoms with Crippen molar-refractivity contribution < 1.29 is 9.53 Å². The molecule has 0 radical (unpaired) electrons. The van der Waals surface area contributed by atoms with Gasteiger partial charge in [-0.05, 0) is 49.9 Å². The van der Waals surface area contributed by atoms with Gasteiger partial charge in [-0.1, -0.05) is 22.4 Å². The van der Waals surface area contributed by atoms with Gasteiger partial charge in [-0.25, -0.2) is 0 Å². The maximum absolute atomic E-state index is 11.2. The quantitative estimate of drug-likeness (QED) is 0.860. The molecule has 0 bridgehead atoms. The lowest BCUT2D eigenvalue weighted by atomic mass is 9.98. The van der Waals surface area contributed by atoms with Crippen molar-refractivity contribution in [2.75, 3.05) is 10.6 Å². The van der Waals surface area contributed by atoms with Gasteiger partial charge in [-0.2, -0.15) is 0 Å². The van der Waals surface area contributed by atoms with E-state index in [1.54, 1.807) is 0 Å². The third-order valence-corrected chi connectivity index (χ3v) is 3.62. The summed E-state index contributed by atoms with van der Waals surface area (Å²) >= 11 is 3.12. The smallest absolute Gasteiger partial charge is 0.235 e. The average Bonchev–Trinajstić information content (AvgIpc) is 2.42. The van der Waals surface area contributed by atoms with Crippen molar-refractivity contribution in [3.05, 3.63) is 24.3 Å². The van der Waals surface area contributed by atoms with Gasteiger partial charge in [-0.3, -0.25) is 4.79 Å². The fourth-order valence-electron chi connectivity index (χ4n) is 2.19. The van der Waals surface area contributed by atoms with Gasteiger partial charge in [0, 0.05) is 5.69 Å². The second-order valence-corrected chi connectivity index (χ2v) is 5.14. The summed E-state index contributed by atoms with van der Waals surface area (Å²) in [5.74, 6) is 0.842. The zero-order valence-corrected chi connectivity index (χ0v) is 11.9. The largest absolute Gasteiger partial charge is 0.490 e. The highest BCUT2D eigenvalue weighted by atomic mass is 79.9. The van der Waals surface area contributed by atoms with Crippen LogP contribution in [0, 0.1) is 0 Å². The van der Waals surface area contributed by atoms with E-state index in [1.165, 1.54) is 19.3 Å². The number of amides is 1. The summed E-state index contributed by atoms with van der Waals surface area (Å²) in [6.45, 7) is 0. The van der Waals surface area contributed by atoms with Crippen LogP contribution in [-0.2, 0) is 4.79 Å². The first-order valence-electron chi connectivity index (χ1n) is 6.40. The third-order valence-electron chi connectivity index (χ3n) is 3.11. The lowest BCUT2D eigenvalue weighted by molar-refractivity contribution is -0.113. The number of carbonyl (C=O) groups excluding carboxylic acids is 1. The Morgan fingerprint density at radius 2 is 1.89 bits per heavy atom. The molecule has 1 N–H and O–H groups in total. The minimum absolute atomic E-state index is 0.0454. The first kappa shape index (κ1) is 13.4. The molecule has 3 nitrogen and oxygen atoms in total. The molecule has 98 valence electrons. The van der Waals surface area contributed by atoms with E-state index in [9.17, 15) is 4.79 Å². The fourth-order valence-corrected chi connectivity index (χ4v) is 2.33. The first-order chi connectivity index (χ1) is 8.78. The molecule has 0 spiro atoms. The number of alkyl halides is 1. The highest BCUT2D eigenvalue weighted by Crippen LogP contribution is 2.24. The Morgan fingerprint density at radius 3 is 2.50 bits per heavy atom. The molecule has 2 rings (SSSR count). The molecule has 1 saturated carbocycles. The molecule has 0 aromatic heterocycles. The molecule has 1 aromatic rings. The highest BCUT2D eigenvalue weighted by molar-refractivity contribution is 9.09. The molecule has 1 aromatic carbocycles. The summed E-state index contributed by atoms with van der Waals surface area (Å²) < 4.78 is 5.92. The van der Waals surface area contributed by atoms with Crippen molar-refractivity contribution in [3.63, 3.8) is 0 Å². The number of anilines is 1. The van der Waals surface area contributed by atoms with E-state index in [1.807, 2.05) is 24.3 Å². The van der Waals surface area contributed by atoms with E-state index in [4.69, 9.17) is 4.74 Å². The van der Waals surface area contributed by atoms with E-state index in [2.05, 4.69) is 21.2 Å². The lowest BCUT2D eigenvalue weighted by Gasteiger charge is -2.23. The molecule has 1 aliphatic rings. The van der Waals surface area contributed by atoms with Gasteiger partial charge in [-0.15, -0.1) is 0 Å². The van der Waals surface area contributed by atoms with Crippen LogP contribution < -0.4 is 10.1 Å². The van der Waals surface area contributed by atoms with Crippen molar-refractivity contribution in [1.29, 1.82) is 0 Å². The van der Waals surface area contributed by atoms with Gasteiger partial charge in [0.05, 0.1) is 11.4 Å². The second-order valence-electron chi connectivity index (χ2n) is 4.58. The van der Waals surface area contributed by atoms with Crippen LogP contribution in [0.5, 0.6) is 5.75 Å². The average molecular weight is 312 g/mol. The minimum atomic E-state index is -0.0454. The van der Waals surface area contributed by atoms with Gasteiger partial charge >= 0.3 is 0 Å². The van der Waals surface area contributed by atoms with Crippen molar-refractivity contribution in [2.24, 2.45) is 0 Å². The van der Waals surface area contributed by atoms with Gasteiger partial charge in [0.25, 0.3) is 0 Å². The molecule has 1 aliphatic carbocycles. The maximum atomic E-state index is 11.2. The van der Waals surface area contributed by atoms with Gasteiger partial charge in [0.2, 0.25) is 5.91 Å². The van der Waals surface area contributed by atoms with Crippen molar-refractivity contribution in [1.82, 2.24) is 0 Å². The molecule has 0 unspecified atom stereocenters. The molecular weight excluding hydrogens is 294 g/mol. The molecule has 0 atom stereocenters. The van der Waals surface area contributed by atoms with Crippen LogP contribution >= 0.6 is 15.9 Å². The Morgan fingerprint density at radius 1 is 1.22 bits per heavy atom. The van der Waals surface area contributed by atoms with E-state index in [0.29, 0.717) is 11.4 Å². The summed E-state index contributed by atoms with van der Waals surface area (Å²) in [5.41, 5.74) is 0.801. The fraction of sp³-hybridized carbons (Fsp3) is 0.500. The number of ether oxygens (including phenoxy) is 1. The van der Waals surface area contributed by atoms with Crippen LogP contribution in [-0.4, -0.2) is 17.3 Å².